The van der Waals surface area contributed by atoms with Gasteiger partial charge in [0.05, 0.1) is 6.07 Å². The van der Waals surface area contributed by atoms with Crippen LogP contribution in [0.3, 0.4) is 0 Å². The summed E-state index contributed by atoms with van der Waals surface area (Å²) in [6.45, 7) is 4.36. The lowest BCUT2D eigenvalue weighted by Crippen LogP contribution is -2.32. The molecule has 1 unspecified atom stereocenters. The summed E-state index contributed by atoms with van der Waals surface area (Å²) in [4.78, 5) is 17.9. The molecule has 1 atom stereocenters. The number of carbonyl (C=O) groups excluding carboxylic acids is 1. The molecule has 1 saturated heterocycles. The van der Waals surface area contributed by atoms with Crippen LogP contribution in [0.4, 0.5) is 0 Å². The average Bonchev–Trinajstić information content (AvgIpc) is 2.98. The van der Waals surface area contributed by atoms with E-state index in [1.54, 1.807) is 24.1 Å². The number of carbonyl (C=O) groups is 1. The number of thioether (sulfide) groups is 2. The first-order chi connectivity index (χ1) is 11.4. The Kier molecular flexibility index (Phi) is 9.44. The van der Waals surface area contributed by atoms with E-state index in [9.17, 15) is 10.1 Å². The molecule has 1 heterocycles. The van der Waals surface area contributed by atoms with Gasteiger partial charge in [0.1, 0.15) is 9.07 Å². The summed E-state index contributed by atoms with van der Waals surface area (Å²) in [6.07, 6.45) is 9.67. The van der Waals surface area contributed by atoms with Crippen molar-refractivity contribution in [3.8, 4) is 6.07 Å². The van der Waals surface area contributed by atoms with Gasteiger partial charge in [-0.3, -0.25) is 9.69 Å². The van der Waals surface area contributed by atoms with Crippen LogP contribution >= 0.6 is 48.0 Å². The lowest BCUT2D eigenvalue weighted by atomic mass is 10.1. The van der Waals surface area contributed by atoms with Gasteiger partial charge < -0.3 is 0 Å². The Morgan fingerprint density at radius 2 is 2.29 bits per heavy atom. The van der Waals surface area contributed by atoms with Crippen LogP contribution in [-0.4, -0.2) is 42.7 Å². The van der Waals surface area contributed by atoms with Gasteiger partial charge in [0.2, 0.25) is 5.91 Å². The third kappa shape index (κ3) is 7.26. The zero-order valence-electron chi connectivity index (χ0n) is 13.6. The molecule has 128 valence electrons. The molecule has 24 heavy (non-hydrogen) atoms. The van der Waals surface area contributed by atoms with Crippen LogP contribution in [0.1, 0.15) is 26.7 Å². The number of amides is 1. The number of hydrogen-bond donors (Lipinski definition) is 0. The molecule has 0 N–H and O–H groups in total. The van der Waals surface area contributed by atoms with Crippen LogP contribution in [0, 0.1) is 11.3 Å². The molecule has 1 rings (SSSR count). The van der Waals surface area contributed by atoms with E-state index < -0.39 is 4.75 Å². The highest BCUT2D eigenvalue weighted by molar-refractivity contribution is 8.24. The van der Waals surface area contributed by atoms with E-state index in [1.165, 1.54) is 23.5 Å². The quantitative estimate of drug-likeness (QED) is 0.382. The van der Waals surface area contributed by atoms with Crippen LogP contribution in [0.15, 0.2) is 29.3 Å². The van der Waals surface area contributed by atoms with E-state index in [-0.39, 0.29) is 12.3 Å². The van der Waals surface area contributed by atoms with Gasteiger partial charge in [-0.15, -0.1) is 0 Å². The highest BCUT2D eigenvalue weighted by Gasteiger charge is 2.30. The van der Waals surface area contributed by atoms with Gasteiger partial charge in [0, 0.05) is 24.9 Å². The summed E-state index contributed by atoms with van der Waals surface area (Å²) in [5, 5.41) is 9.45. The zero-order valence-corrected chi connectivity index (χ0v) is 16.9. The van der Waals surface area contributed by atoms with Crippen molar-refractivity contribution in [3.63, 3.8) is 0 Å². The minimum atomic E-state index is -0.786. The predicted octanol–water partition coefficient (Wildman–Crippen LogP) is 4.13. The normalized spacial score (nSPS) is 17.7. The van der Waals surface area contributed by atoms with E-state index in [1.807, 2.05) is 25.2 Å². The smallest absolute Gasteiger partial charge is 0.228 e. The van der Waals surface area contributed by atoms with Crippen molar-refractivity contribution in [2.75, 3.05) is 12.3 Å². The van der Waals surface area contributed by atoms with Gasteiger partial charge in [-0.25, -0.2) is 4.99 Å². The molecule has 0 saturated carbocycles. The van der Waals surface area contributed by atoms with Gasteiger partial charge in [-0.2, -0.15) is 5.26 Å². The van der Waals surface area contributed by atoms with E-state index >= 15 is 0 Å². The highest BCUT2D eigenvalue weighted by Crippen LogP contribution is 2.32. The monoisotopic (exact) mass is 397 g/mol. The molecule has 0 radical (unpaired) electrons. The minimum Gasteiger partial charge on any atom is -0.297 e. The van der Waals surface area contributed by atoms with Crippen molar-refractivity contribution in [1.82, 2.24) is 4.90 Å². The average molecular weight is 398 g/mol. The van der Waals surface area contributed by atoms with Crippen LogP contribution in [0.25, 0.3) is 0 Å². The predicted molar refractivity (Wildman–Crippen MR) is 113 cm³/mol. The number of nitriles is 1. The maximum Gasteiger partial charge on any atom is 0.228 e. The SMILES string of the molecule is C\C=C/C=C\C=N\C(=S)SC(C)(C#N)CCC(=O)N1CCSC1=S. The number of rotatable bonds is 6. The molecular weight excluding hydrogens is 378 g/mol. The standard InChI is InChI=1S/C16H19N3OS4/c1-3-4-5-6-9-18-14(21)24-16(2,12-17)8-7-13(20)19-10-11-23-15(19)22/h3-6,9H,7-8,10-11H2,1-2H3/b4-3-,6-5-,18-9+. The molecule has 0 aromatic rings. The summed E-state index contributed by atoms with van der Waals surface area (Å²) in [7, 11) is 0. The van der Waals surface area contributed by atoms with E-state index in [0.29, 0.717) is 21.6 Å². The largest absolute Gasteiger partial charge is 0.297 e. The fourth-order valence-electron chi connectivity index (χ4n) is 1.78. The van der Waals surface area contributed by atoms with Crippen LogP contribution in [0.5, 0.6) is 0 Å². The summed E-state index contributed by atoms with van der Waals surface area (Å²) in [5.41, 5.74) is 0. The molecule has 8 heteroatoms. The first kappa shape index (κ1) is 21.0. The number of aliphatic imine (C=N–C) groups is 1. The number of hydrogen-bond acceptors (Lipinski definition) is 6. The van der Waals surface area contributed by atoms with Gasteiger partial charge >= 0.3 is 0 Å². The van der Waals surface area contributed by atoms with Crippen molar-refractivity contribution >= 4 is 68.7 Å². The van der Waals surface area contributed by atoms with Gasteiger partial charge in [0.15, 0.2) is 4.32 Å². The Hall–Kier alpha value is -1.01. The first-order valence-electron chi connectivity index (χ1n) is 7.35. The topological polar surface area (TPSA) is 56.5 Å². The Morgan fingerprint density at radius 3 is 2.88 bits per heavy atom. The van der Waals surface area contributed by atoms with Crippen molar-refractivity contribution in [2.24, 2.45) is 4.99 Å². The van der Waals surface area contributed by atoms with Gasteiger partial charge in [-0.1, -0.05) is 66.2 Å². The van der Waals surface area contributed by atoms with Crippen molar-refractivity contribution < 1.29 is 4.79 Å². The summed E-state index contributed by atoms with van der Waals surface area (Å²) >= 11 is 13.1. The van der Waals surface area contributed by atoms with Crippen molar-refractivity contribution in [1.29, 1.82) is 5.26 Å². The van der Waals surface area contributed by atoms with E-state index in [0.717, 1.165) is 5.75 Å². The number of nitrogens with zero attached hydrogens (tertiary/aromatic N) is 3. The van der Waals surface area contributed by atoms with E-state index in [2.05, 4.69) is 11.1 Å². The summed E-state index contributed by atoms with van der Waals surface area (Å²) < 4.78 is 0.217. The second-order valence-electron chi connectivity index (χ2n) is 5.06. The molecule has 1 aliphatic rings. The summed E-state index contributed by atoms with van der Waals surface area (Å²) in [5.74, 6) is 0.810. The van der Waals surface area contributed by atoms with Crippen LogP contribution in [0.2, 0.25) is 0 Å². The maximum absolute atomic E-state index is 12.2. The number of thiocarbonyl (C=S) groups is 2. The molecule has 0 bridgehead atoms. The molecule has 0 aromatic carbocycles. The molecular formula is C16H19N3OS4. The number of allylic oxidation sites excluding steroid dienone is 4. The Labute approximate surface area is 162 Å². The van der Waals surface area contributed by atoms with Gasteiger partial charge in [0.25, 0.3) is 0 Å². The maximum atomic E-state index is 12.2. The highest BCUT2D eigenvalue weighted by atomic mass is 32.2. The first-order valence-corrected chi connectivity index (χ1v) is 9.97. The second kappa shape index (κ2) is 10.8. The minimum absolute atomic E-state index is 0.0317. The van der Waals surface area contributed by atoms with Crippen molar-refractivity contribution in [3.05, 3.63) is 24.3 Å². The third-order valence-corrected chi connectivity index (χ3v) is 5.92. The van der Waals surface area contributed by atoms with E-state index in [4.69, 9.17) is 24.4 Å². The lowest BCUT2D eigenvalue weighted by molar-refractivity contribution is -0.127. The zero-order chi connectivity index (χ0) is 18.0. The molecule has 4 nitrogen and oxygen atoms in total. The lowest BCUT2D eigenvalue weighted by Gasteiger charge is -2.21. The Balaban J connectivity index is 2.53. The van der Waals surface area contributed by atoms with Crippen LogP contribution in [-0.2, 0) is 4.79 Å². The molecule has 1 aliphatic heterocycles. The molecule has 1 amide bonds. The third-order valence-electron chi connectivity index (χ3n) is 3.11. The molecule has 0 spiro atoms. The molecule has 0 aliphatic carbocycles. The van der Waals surface area contributed by atoms with Crippen molar-refractivity contribution in [2.45, 2.75) is 31.4 Å². The molecule has 1 fully saturated rings. The molecule has 0 aromatic heterocycles. The Morgan fingerprint density at radius 1 is 1.54 bits per heavy atom. The summed E-state index contributed by atoms with van der Waals surface area (Å²) in [6, 6.07) is 2.24. The fraction of sp³-hybridized carbons (Fsp3) is 0.438. The second-order valence-corrected chi connectivity index (χ2v) is 8.92. The van der Waals surface area contributed by atoms with Crippen LogP contribution < -0.4 is 0 Å². The van der Waals surface area contributed by atoms with Gasteiger partial charge in [-0.05, 0) is 26.3 Å². The fourth-order valence-corrected chi connectivity index (χ4v) is 4.38. The Bertz CT molecular complexity index is 621.